The van der Waals surface area contributed by atoms with Gasteiger partial charge in [-0.05, 0) is 5.92 Å². The Balaban J connectivity index is 2.27. The van der Waals surface area contributed by atoms with Gasteiger partial charge in [-0.1, -0.05) is 13.8 Å². The van der Waals surface area contributed by atoms with Crippen LogP contribution >= 0.6 is 0 Å². The Hall–Kier alpha value is -1.10. The summed E-state index contributed by atoms with van der Waals surface area (Å²) in [5, 5.41) is 7.49. The number of nitrogens with one attached hydrogen (secondary N) is 2. The van der Waals surface area contributed by atoms with Gasteiger partial charge in [0.1, 0.15) is 0 Å². The molecule has 0 aromatic carbocycles. The summed E-state index contributed by atoms with van der Waals surface area (Å²) in [6.45, 7) is 6.31. The van der Waals surface area contributed by atoms with Crippen molar-refractivity contribution in [3.05, 3.63) is 0 Å². The summed E-state index contributed by atoms with van der Waals surface area (Å²) in [7, 11) is 0. The van der Waals surface area contributed by atoms with E-state index in [0.29, 0.717) is 19.0 Å². The quantitative estimate of drug-likeness (QED) is 0.517. The summed E-state index contributed by atoms with van der Waals surface area (Å²) in [4.78, 5) is 22.8. The Morgan fingerprint density at radius 1 is 1.67 bits per heavy atom. The molecule has 1 fully saturated rings. The second kappa shape index (κ2) is 5.70. The molecule has 15 heavy (non-hydrogen) atoms. The first kappa shape index (κ1) is 12.0. The first-order valence-electron chi connectivity index (χ1n) is 5.47. The topological polar surface area (TPSA) is 74.8 Å². The summed E-state index contributed by atoms with van der Waals surface area (Å²) in [5.74, 6) is 0.376. The van der Waals surface area contributed by atoms with Crippen molar-refractivity contribution in [2.24, 2.45) is 5.92 Å². The highest BCUT2D eigenvalue weighted by molar-refractivity contribution is 5.87. The molecule has 0 aliphatic carbocycles. The molecule has 1 heterocycles. The van der Waals surface area contributed by atoms with Gasteiger partial charge in [-0.25, -0.2) is 0 Å². The first-order chi connectivity index (χ1) is 7.09. The lowest BCUT2D eigenvalue weighted by Crippen LogP contribution is -2.96. The van der Waals surface area contributed by atoms with Gasteiger partial charge < -0.3 is 16.0 Å². The van der Waals surface area contributed by atoms with Crippen molar-refractivity contribution in [3.63, 3.8) is 0 Å². The van der Waals surface area contributed by atoms with Crippen LogP contribution in [0.1, 0.15) is 20.3 Å². The maximum Gasteiger partial charge on any atom is 0.278 e. The van der Waals surface area contributed by atoms with Crippen molar-refractivity contribution < 1.29 is 14.9 Å². The fraction of sp³-hybridized carbons (Fsp3) is 0.800. The van der Waals surface area contributed by atoms with E-state index in [1.165, 1.54) is 0 Å². The van der Waals surface area contributed by atoms with Gasteiger partial charge >= 0.3 is 0 Å². The number of hydrogen-bond acceptors (Lipinski definition) is 2. The molecule has 1 atom stereocenters. The van der Waals surface area contributed by atoms with E-state index in [1.807, 2.05) is 19.2 Å². The van der Waals surface area contributed by atoms with E-state index in [9.17, 15) is 9.59 Å². The van der Waals surface area contributed by atoms with E-state index >= 15 is 0 Å². The molecule has 86 valence electrons. The van der Waals surface area contributed by atoms with Crippen LogP contribution < -0.4 is 16.0 Å². The molecule has 5 nitrogen and oxygen atoms in total. The van der Waals surface area contributed by atoms with E-state index in [-0.39, 0.29) is 24.3 Å². The maximum absolute atomic E-state index is 11.5. The smallest absolute Gasteiger partial charge is 0.278 e. The molecule has 1 aliphatic rings. The van der Waals surface area contributed by atoms with Crippen molar-refractivity contribution >= 4 is 11.8 Å². The molecule has 4 N–H and O–H groups in total. The molecule has 0 aromatic heterocycles. The standard InChI is InChI=1S/C10H19N3O2/c1-7(2)6-13-9(14)5-8-10(15)12-4-3-11-8/h7-8,11H,3-6H2,1-2H3,(H,12,15)(H,13,14)/p+1/t8-/m1/s1. The zero-order valence-corrected chi connectivity index (χ0v) is 9.38. The van der Waals surface area contributed by atoms with Crippen LogP contribution in [0.3, 0.4) is 0 Å². The molecule has 0 radical (unpaired) electrons. The minimum atomic E-state index is -0.245. The van der Waals surface area contributed by atoms with Crippen molar-refractivity contribution in [1.29, 1.82) is 0 Å². The number of quaternary nitrogens is 1. The van der Waals surface area contributed by atoms with Crippen molar-refractivity contribution in [1.82, 2.24) is 10.6 Å². The zero-order chi connectivity index (χ0) is 11.3. The number of amides is 2. The Bertz CT molecular complexity index is 241. The fourth-order valence-electron chi connectivity index (χ4n) is 1.48. The van der Waals surface area contributed by atoms with E-state index in [4.69, 9.17) is 0 Å². The van der Waals surface area contributed by atoms with Crippen LogP contribution in [0.5, 0.6) is 0 Å². The van der Waals surface area contributed by atoms with Crippen molar-refractivity contribution in [3.8, 4) is 0 Å². The lowest BCUT2D eigenvalue weighted by molar-refractivity contribution is -0.678. The molecule has 0 aromatic rings. The molecule has 1 rings (SSSR count). The molecule has 5 heteroatoms. The largest absolute Gasteiger partial charge is 0.356 e. The highest BCUT2D eigenvalue weighted by atomic mass is 16.2. The van der Waals surface area contributed by atoms with Crippen LogP contribution in [0.4, 0.5) is 0 Å². The third-order valence-corrected chi connectivity index (χ3v) is 2.34. The zero-order valence-electron chi connectivity index (χ0n) is 9.38. The van der Waals surface area contributed by atoms with E-state index < -0.39 is 0 Å². The number of nitrogens with two attached hydrogens (primary N) is 1. The Labute approximate surface area is 90.0 Å². The Morgan fingerprint density at radius 3 is 3.00 bits per heavy atom. The normalized spacial score (nSPS) is 21.3. The van der Waals surface area contributed by atoms with Gasteiger partial charge in [0.15, 0.2) is 6.04 Å². The van der Waals surface area contributed by atoms with Crippen LogP contribution in [-0.4, -0.2) is 37.5 Å². The predicted molar refractivity (Wildman–Crippen MR) is 56.1 cm³/mol. The number of rotatable bonds is 4. The van der Waals surface area contributed by atoms with Crippen LogP contribution in [0.15, 0.2) is 0 Å². The van der Waals surface area contributed by atoms with Gasteiger partial charge in [0.05, 0.1) is 19.5 Å². The lowest BCUT2D eigenvalue weighted by atomic mass is 10.1. The van der Waals surface area contributed by atoms with Crippen LogP contribution in [0.25, 0.3) is 0 Å². The molecule has 0 bridgehead atoms. The molecule has 0 spiro atoms. The summed E-state index contributed by atoms with van der Waals surface area (Å²) in [6, 6.07) is -0.245. The summed E-state index contributed by atoms with van der Waals surface area (Å²) in [5.41, 5.74) is 0. The van der Waals surface area contributed by atoms with Gasteiger partial charge in [-0.2, -0.15) is 0 Å². The molecular formula is C10H20N3O2+. The minimum absolute atomic E-state index is 0.0269. The van der Waals surface area contributed by atoms with Crippen LogP contribution in [0.2, 0.25) is 0 Å². The fourth-order valence-corrected chi connectivity index (χ4v) is 1.48. The number of piperazine rings is 1. The first-order valence-corrected chi connectivity index (χ1v) is 5.47. The third kappa shape index (κ3) is 4.29. The Morgan fingerprint density at radius 2 is 2.40 bits per heavy atom. The maximum atomic E-state index is 11.5. The van der Waals surface area contributed by atoms with Crippen molar-refractivity contribution in [2.75, 3.05) is 19.6 Å². The van der Waals surface area contributed by atoms with Gasteiger partial charge in [-0.15, -0.1) is 0 Å². The third-order valence-electron chi connectivity index (χ3n) is 2.34. The van der Waals surface area contributed by atoms with E-state index in [0.717, 1.165) is 6.54 Å². The molecule has 2 amide bonds. The predicted octanol–water partition coefficient (Wildman–Crippen LogP) is -1.79. The van der Waals surface area contributed by atoms with Crippen molar-refractivity contribution in [2.45, 2.75) is 26.3 Å². The average molecular weight is 214 g/mol. The second-order valence-electron chi connectivity index (χ2n) is 4.32. The second-order valence-corrected chi connectivity index (χ2v) is 4.32. The SMILES string of the molecule is CC(C)CNC(=O)C[C@H]1[NH2+]CCNC1=O. The van der Waals surface area contributed by atoms with Crippen LogP contribution in [0, 0.1) is 5.92 Å². The van der Waals surface area contributed by atoms with Gasteiger partial charge in [0.25, 0.3) is 5.91 Å². The Kier molecular flexibility index (Phi) is 4.55. The number of carbonyl (C=O) groups excluding carboxylic acids is 2. The van der Waals surface area contributed by atoms with Gasteiger partial charge in [0.2, 0.25) is 5.91 Å². The highest BCUT2D eigenvalue weighted by Crippen LogP contribution is 1.92. The summed E-state index contributed by atoms with van der Waals surface area (Å²) >= 11 is 0. The number of carbonyl (C=O) groups is 2. The molecule has 0 saturated carbocycles. The summed E-state index contributed by atoms with van der Waals surface area (Å²) in [6.07, 6.45) is 0.276. The van der Waals surface area contributed by atoms with E-state index in [1.54, 1.807) is 0 Å². The number of hydrogen-bond donors (Lipinski definition) is 3. The van der Waals surface area contributed by atoms with Gasteiger partial charge in [-0.3, -0.25) is 9.59 Å². The average Bonchev–Trinajstić information content (AvgIpc) is 2.18. The molecule has 0 unspecified atom stereocenters. The lowest BCUT2D eigenvalue weighted by Gasteiger charge is -2.19. The highest BCUT2D eigenvalue weighted by Gasteiger charge is 2.27. The molecule has 1 saturated heterocycles. The molecule has 1 aliphatic heterocycles. The van der Waals surface area contributed by atoms with E-state index in [2.05, 4.69) is 10.6 Å². The van der Waals surface area contributed by atoms with Crippen LogP contribution in [-0.2, 0) is 9.59 Å². The molecular weight excluding hydrogens is 194 g/mol. The van der Waals surface area contributed by atoms with Gasteiger partial charge in [0, 0.05) is 6.54 Å². The monoisotopic (exact) mass is 214 g/mol. The summed E-state index contributed by atoms with van der Waals surface area (Å²) < 4.78 is 0. The minimum Gasteiger partial charge on any atom is -0.356 e.